The maximum absolute atomic E-state index is 6.13. The number of aryl methyl sites for hydroxylation is 1. The van der Waals surface area contributed by atoms with Gasteiger partial charge in [0.2, 0.25) is 0 Å². The highest BCUT2D eigenvalue weighted by atomic mass is 35.5. The van der Waals surface area contributed by atoms with Crippen molar-refractivity contribution in [2.24, 2.45) is 0 Å². The van der Waals surface area contributed by atoms with Gasteiger partial charge in [-0.15, -0.1) is 0 Å². The molecule has 1 aromatic heterocycles. The molecule has 1 saturated heterocycles. The topological polar surface area (TPSA) is 22.3 Å². The van der Waals surface area contributed by atoms with Crippen LogP contribution in [0.25, 0.3) is 11.3 Å². The van der Waals surface area contributed by atoms with E-state index in [2.05, 4.69) is 70.2 Å². The quantitative estimate of drug-likeness (QED) is 0.673. The van der Waals surface area contributed by atoms with Crippen molar-refractivity contribution in [2.75, 3.05) is 37.6 Å². The van der Waals surface area contributed by atoms with Crippen LogP contribution in [0.5, 0.6) is 0 Å². The molecule has 27 heavy (non-hydrogen) atoms. The van der Waals surface area contributed by atoms with E-state index in [-0.39, 0.29) is 0 Å². The van der Waals surface area contributed by atoms with Gasteiger partial charge in [-0.2, -0.15) is 0 Å². The number of halogens is 1. The number of hydrogen-bond donors (Lipinski definition) is 1. The van der Waals surface area contributed by atoms with Gasteiger partial charge in [0.25, 0.3) is 0 Å². The number of nitrogens with zero attached hydrogens (tertiary/aromatic N) is 2. The molecule has 0 amide bonds. The van der Waals surface area contributed by atoms with Crippen molar-refractivity contribution in [3.05, 3.63) is 76.9 Å². The molecule has 0 radical (unpaired) electrons. The van der Waals surface area contributed by atoms with E-state index in [4.69, 9.17) is 11.6 Å². The van der Waals surface area contributed by atoms with Crippen LogP contribution in [-0.2, 0) is 6.42 Å². The molecule has 0 atom stereocenters. The standard InChI is InChI=1S/C23H26ClN3/c1-18-20(16-23(25-18)19-6-3-2-4-7-19)10-11-26-12-14-27(15-13-26)22-9-5-8-21(24)17-22/h2-9,16-17,25H,10-15H2,1H3. The lowest BCUT2D eigenvalue weighted by Crippen LogP contribution is -2.47. The van der Waals surface area contributed by atoms with Crippen LogP contribution < -0.4 is 4.90 Å². The molecule has 1 N–H and O–H groups in total. The second-order valence-corrected chi connectivity index (χ2v) is 7.69. The minimum absolute atomic E-state index is 0.812. The van der Waals surface area contributed by atoms with Crippen molar-refractivity contribution >= 4 is 17.3 Å². The first-order valence-electron chi connectivity index (χ1n) is 9.66. The third-order valence-corrected chi connectivity index (χ3v) is 5.69. The van der Waals surface area contributed by atoms with E-state index in [1.165, 1.54) is 28.2 Å². The Balaban J connectivity index is 1.32. The number of anilines is 1. The van der Waals surface area contributed by atoms with Crippen LogP contribution in [0.3, 0.4) is 0 Å². The Kier molecular flexibility index (Phi) is 5.51. The van der Waals surface area contributed by atoms with Crippen LogP contribution >= 0.6 is 11.6 Å². The van der Waals surface area contributed by atoms with Gasteiger partial charge in [0.1, 0.15) is 0 Å². The van der Waals surface area contributed by atoms with E-state index in [9.17, 15) is 0 Å². The summed E-state index contributed by atoms with van der Waals surface area (Å²) in [6.45, 7) is 7.60. The van der Waals surface area contributed by atoms with E-state index >= 15 is 0 Å². The summed E-state index contributed by atoms with van der Waals surface area (Å²) in [5, 5.41) is 0.812. The number of rotatable bonds is 5. The van der Waals surface area contributed by atoms with Crippen molar-refractivity contribution in [3.63, 3.8) is 0 Å². The van der Waals surface area contributed by atoms with Gasteiger partial charge in [0.05, 0.1) is 0 Å². The normalized spacial score (nSPS) is 15.3. The minimum atomic E-state index is 0.812. The molecule has 1 fully saturated rings. The third-order valence-electron chi connectivity index (χ3n) is 5.45. The Bertz CT molecular complexity index is 880. The monoisotopic (exact) mass is 379 g/mol. The van der Waals surface area contributed by atoms with Gasteiger partial charge in [0, 0.05) is 54.8 Å². The number of benzene rings is 2. The molecule has 3 aromatic rings. The van der Waals surface area contributed by atoms with Crippen molar-refractivity contribution in [2.45, 2.75) is 13.3 Å². The summed E-state index contributed by atoms with van der Waals surface area (Å²) in [5.74, 6) is 0. The SMILES string of the molecule is Cc1[nH]c(-c2ccccc2)cc1CCN1CCN(c2cccc(Cl)c2)CC1. The number of nitrogens with one attached hydrogen (secondary N) is 1. The zero-order chi connectivity index (χ0) is 18.6. The summed E-state index contributed by atoms with van der Waals surface area (Å²) in [7, 11) is 0. The molecule has 2 heterocycles. The van der Waals surface area contributed by atoms with Crippen molar-refractivity contribution in [1.82, 2.24) is 9.88 Å². The largest absolute Gasteiger partial charge is 0.369 e. The second-order valence-electron chi connectivity index (χ2n) is 7.26. The Morgan fingerprint density at radius 1 is 0.926 bits per heavy atom. The van der Waals surface area contributed by atoms with Crippen LogP contribution in [0.15, 0.2) is 60.7 Å². The molecule has 0 bridgehead atoms. The maximum Gasteiger partial charge on any atom is 0.0458 e. The number of H-pyrrole nitrogens is 1. The Morgan fingerprint density at radius 2 is 1.70 bits per heavy atom. The lowest BCUT2D eigenvalue weighted by molar-refractivity contribution is 0.261. The van der Waals surface area contributed by atoms with Crippen molar-refractivity contribution in [3.8, 4) is 11.3 Å². The molecule has 0 saturated carbocycles. The molecule has 4 heteroatoms. The predicted octanol–water partition coefficient (Wildman–Crippen LogP) is 5.01. The van der Waals surface area contributed by atoms with Crippen molar-refractivity contribution in [1.29, 1.82) is 0 Å². The Hall–Kier alpha value is -2.23. The van der Waals surface area contributed by atoms with Gasteiger partial charge in [-0.05, 0) is 48.7 Å². The summed E-state index contributed by atoms with van der Waals surface area (Å²) in [6.07, 6.45) is 1.09. The summed E-state index contributed by atoms with van der Waals surface area (Å²) < 4.78 is 0. The summed E-state index contributed by atoms with van der Waals surface area (Å²) in [5.41, 5.74) is 6.41. The first-order chi connectivity index (χ1) is 13.2. The molecule has 0 unspecified atom stereocenters. The molecule has 0 spiro atoms. The van der Waals surface area contributed by atoms with E-state index in [0.29, 0.717) is 0 Å². The molecular formula is C23H26ClN3. The van der Waals surface area contributed by atoms with Crippen LogP contribution in [0, 0.1) is 6.92 Å². The zero-order valence-electron chi connectivity index (χ0n) is 15.8. The Labute approximate surface area is 166 Å². The highest BCUT2D eigenvalue weighted by Gasteiger charge is 2.17. The van der Waals surface area contributed by atoms with Gasteiger partial charge in [-0.3, -0.25) is 4.90 Å². The van der Waals surface area contributed by atoms with E-state index in [0.717, 1.165) is 44.2 Å². The van der Waals surface area contributed by atoms with Crippen LogP contribution in [0.2, 0.25) is 5.02 Å². The fourth-order valence-electron chi connectivity index (χ4n) is 3.81. The smallest absolute Gasteiger partial charge is 0.0458 e. The minimum Gasteiger partial charge on any atom is -0.369 e. The molecule has 0 aliphatic carbocycles. The molecule has 140 valence electrons. The van der Waals surface area contributed by atoms with Crippen LogP contribution in [0.4, 0.5) is 5.69 Å². The molecule has 3 nitrogen and oxygen atoms in total. The van der Waals surface area contributed by atoms with Gasteiger partial charge < -0.3 is 9.88 Å². The predicted molar refractivity (Wildman–Crippen MR) is 115 cm³/mol. The molecule has 1 aliphatic rings. The molecule has 1 aliphatic heterocycles. The van der Waals surface area contributed by atoms with Crippen LogP contribution in [-0.4, -0.2) is 42.6 Å². The van der Waals surface area contributed by atoms with E-state index < -0.39 is 0 Å². The summed E-state index contributed by atoms with van der Waals surface area (Å²) >= 11 is 6.13. The third kappa shape index (κ3) is 4.37. The first-order valence-corrected chi connectivity index (χ1v) is 10.0. The van der Waals surface area contributed by atoms with Crippen molar-refractivity contribution < 1.29 is 0 Å². The van der Waals surface area contributed by atoms with Gasteiger partial charge in [-0.25, -0.2) is 0 Å². The number of piperazine rings is 1. The molecule has 2 aromatic carbocycles. The molecule has 4 rings (SSSR count). The number of hydrogen-bond acceptors (Lipinski definition) is 2. The first kappa shape index (κ1) is 18.1. The zero-order valence-corrected chi connectivity index (χ0v) is 16.5. The number of aromatic nitrogens is 1. The molecular weight excluding hydrogens is 354 g/mol. The van der Waals surface area contributed by atoms with Gasteiger partial charge in [-0.1, -0.05) is 48.0 Å². The average molecular weight is 380 g/mol. The lowest BCUT2D eigenvalue weighted by atomic mass is 10.1. The van der Waals surface area contributed by atoms with Gasteiger partial charge in [0.15, 0.2) is 0 Å². The lowest BCUT2D eigenvalue weighted by Gasteiger charge is -2.36. The Morgan fingerprint density at radius 3 is 2.44 bits per heavy atom. The second kappa shape index (κ2) is 8.20. The van der Waals surface area contributed by atoms with E-state index in [1.807, 2.05) is 12.1 Å². The average Bonchev–Trinajstić information content (AvgIpc) is 3.08. The fourth-order valence-corrected chi connectivity index (χ4v) is 4.00. The summed E-state index contributed by atoms with van der Waals surface area (Å²) in [6, 6.07) is 21.0. The van der Waals surface area contributed by atoms with Crippen LogP contribution in [0.1, 0.15) is 11.3 Å². The van der Waals surface area contributed by atoms with E-state index in [1.54, 1.807) is 0 Å². The fraction of sp³-hybridized carbons (Fsp3) is 0.304. The maximum atomic E-state index is 6.13. The summed E-state index contributed by atoms with van der Waals surface area (Å²) in [4.78, 5) is 8.54. The van der Waals surface area contributed by atoms with Gasteiger partial charge >= 0.3 is 0 Å². The highest BCUT2D eigenvalue weighted by molar-refractivity contribution is 6.30. The highest BCUT2D eigenvalue weighted by Crippen LogP contribution is 2.23. The number of aromatic amines is 1.